The average Bonchev–Trinajstić information content (AvgIpc) is 3.40. The van der Waals surface area contributed by atoms with Gasteiger partial charge in [0.2, 0.25) is 0 Å². The van der Waals surface area contributed by atoms with E-state index in [9.17, 15) is 25.0 Å². The second-order valence-corrected chi connectivity index (χ2v) is 8.36. The van der Waals surface area contributed by atoms with Crippen LogP contribution in [-0.4, -0.2) is 40.0 Å². The number of fused-ring (bicyclic) bond motifs is 1. The third-order valence-corrected chi connectivity index (χ3v) is 6.07. The molecule has 0 radical (unpaired) electrons. The Bertz CT molecular complexity index is 1160. The molecule has 1 saturated heterocycles. The number of amides is 1. The van der Waals surface area contributed by atoms with E-state index in [2.05, 4.69) is 4.98 Å². The molecule has 12 heteroatoms. The zero-order valence-corrected chi connectivity index (χ0v) is 17.5. The highest BCUT2D eigenvalue weighted by molar-refractivity contribution is 7.22. The molecule has 2 aromatic carbocycles. The number of benzene rings is 2. The number of thiazole rings is 1. The van der Waals surface area contributed by atoms with Crippen molar-refractivity contribution in [2.75, 3.05) is 18.1 Å². The van der Waals surface area contributed by atoms with Crippen molar-refractivity contribution < 1.29 is 19.4 Å². The minimum atomic E-state index is -0.770. The molecule has 2 heterocycles. The fourth-order valence-electron chi connectivity index (χ4n) is 3.33. The molecule has 1 aliphatic heterocycles. The third kappa shape index (κ3) is 4.48. The van der Waals surface area contributed by atoms with E-state index in [4.69, 9.17) is 16.3 Å². The van der Waals surface area contributed by atoms with Gasteiger partial charge in [0.25, 0.3) is 17.3 Å². The molecule has 0 spiro atoms. The van der Waals surface area contributed by atoms with Crippen LogP contribution in [0.15, 0.2) is 36.4 Å². The number of rotatable bonds is 6. The highest BCUT2D eigenvalue weighted by Crippen LogP contribution is 2.33. The number of non-ortho nitro benzene ring substituents is 2. The summed E-state index contributed by atoms with van der Waals surface area (Å²) < 4.78 is 6.42. The Balaban J connectivity index is 1.78. The average molecular weight is 463 g/mol. The number of hydrogen-bond acceptors (Lipinski definition) is 8. The molecule has 0 N–H and O–H groups in total. The summed E-state index contributed by atoms with van der Waals surface area (Å²) in [7, 11) is 0. The summed E-state index contributed by atoms with van der Waals surface area (Å²) in [5.74, 6) is -0.632. The van der Waals surface area contributed by atoms with Crippen LogP contribution < -0.4 is 4.90 Å². The molecule has 1 aromatic heterocycles. The van der Waals surface area contributed by atoms with Crippen LogP contribution in [0.4, 0.5) is 16.5 Å². The van der Waals surface area contributed by atoms with Gasteiger partial charge in [-0.2, -0.15) is 0 Å². The zero-order valence-electron chi connectivity index (χ0n) is 15.9. The molecule has 160 valence electrons. The van der Waals surface area contributed by atoms with Crippen molar-refractivity contribution in [1.82, 2.24) is 4.98 Å². The van der Waals surface area contributed by atoms with E-state index in [1.807, 2.05) is 0 Å². The van der Waals surface area contributed by atoms with E-state index in [1.165, 1.54) is 16.2 Å². The number of carbonyl (C=O) groups is 1. The predicted octanol–water partition coefficient (Wildman–Crippen LogP) is 4.59. The number of anilines is 1. The number of carbonyl (C=O) groups excluding carboxylic acids is 1. The quantitative estimate of drug-likeness (QED) is 0.386. The fourth-order valence-corrected chi connectivity index (χ4v) is 4.58. The standard InChI is InChI=1S/C19H15ClN4O6S/c20-12-3-4-16-17(8-12)31-19(21-16)22(10-15-2-1-5-30-15)18(25)11-6-13(23(26)27)9-14(7-11)24(28)29/h3-4,6-9,15H,1-2,5,10H2. The Morgan fingerprint density at radius 2 is 1.90 bits per heavy atom. The SMILES string of the molecule is O=C(c1cc([N+](=O)[O-])cc([N+](=O)[O-])c1)N(CC1CCCO1)c1nc2ccc(Cl)cc2s1. The molecule has 10 nitrogen and oxygen atoms in total. The van der Waals surface area contributed by atoms with Crippen LogP contribution in [0.2, 0.25) is 5.02 Å². The van der Waals surface area contributed by atoms with Crippen molar-refractivity contribution in [3.05, 3.63) is 67.2 Å². The third-order valence-electron chi connectivity index (χ3n) is 4.80. The molecule has 0 saturated carbocycles. The summed E-state index contributed by atoms with van der Waals surface area (Å²) in [5, 5.41) is 23.3. The molecule has 0 aliphatic carbocycles. The van der Waals surface area contributed by atoms with Gasteiger partial charge in [-0.15, -0.1) is 0 Å². The lowest BCUT2D eigenvalue weighted by Crippen LogP contribution is -2.37. The normalized spacial score (nSPS) is 15.8. The maximum Gasteiger partial charge on any atom is 0.277 e. The van der Waals surface area contributed by atoms with Crippen LogP contribution >= 0.6 is 22.9 Å². The Morgan fingerprint density at radius 1 is 1.19 bits per heavy atom. The highest BCUT2D eigenvalue weighted by Gasteiger charge is 2.29. The van der Waals surface area contributed by atoms with Crippen LogP contribution in [0.3, 0.4) is 0 Å². The Kier molecular flexibility index (Phi) is 5.81. The summed E-state index contributed by atoms with van der Waals surface area (Å²) in [6.07, 6.45) is 1.37. The van der Waals surface area contributed by atoms with Crippen molar-refractivity contribution in [1.29, 1.82) is 0 Å². The summed E-state index contributed by atoms with van der Waals surface area (Å²) in [6, 6.07) is 8.02. The number of nitrogens with zero attached hydrogens (tertiary/aromatic N) is 4. The van der Waals surface area contributed by atoms with Crippen molar-refractivity contribution in [2.24, 2.45) is 0 Å². The van der Waals surface area contributed by atoms with E-state index in [-0.39, 0.29) is 18.2 Å². The van der Waals surface area contributed by atoms with Crippen LogP contribution in [-0.2, 0) is 4.74 Å². The number of halogens is 1. The number of hydrogen-bond donors (Lipinski definition) is 0. The van der Waals surface area contributed by atoms with Crippen molar-refractivity contribution in [3.8, 4) is 0 Å². The smallest absolute Gasteiger partial charge is 0.277 e. The highest BCUT2D eigenvalue weighted by atomic mass is 35.5. The number of nitro groups is 2. The van der Waals surface area contributed by atoms with Crippen LogP contribution in [0.25, 0.3) is 10.2 Å². The van der Waals surface area contributed by atoms with E-state index in [0.717, 1.165) is 35.7 Å². The lowest BCUT2D eigenvalue weighted by Gasteiger charge is -2.23. The van der Waals surface area contributed by atoms with Gasteiger partial charge in [-0.3, -0.25) is 29.9 Å². The first-order valence-electron chi connectivity index (χ1n) is 9.25. The molecule has 1 atom stereocenters. The van der Waals surface area contributed by atoms with Gasteiger partial charge in [-0.1, -0.05) is 22.9 Å². The van der Waals surface area contributed by atoms with Gasteiger partial charge in [0.15, 0.2) is 5.13 Å². The molecule has 31 heavy (non-hydrogen) atoms. The van der Waals surface area contributed by atoms with Crippen molar-refractivity contribution in [3.63, 3.8) is 0 Å². The second-order valence-electron chi connectivity index (χ2n) is 6.91. The molecule has 0 bridgehead atoms. The summed E-state index contributed by atoms with van der Waals surface area (Å²) in [6.45, 7) is 0.743. The lowest BCUT2D eigenvalue weighted by atomic mass is 10.1. The number of aromatic nitrogens is 1. The van der Waals surface area contributed by atoms with Gasteiger partial charge in [-0.25, -0.2) is 4.98 Å². The second kappa shape index (κ2) is 8.53. The molecule has 4 rings (SSSR count). The van der Waals surface area contributed by atoms with Crippen LogP contribution in [0.1, 0.15) is 23.2 Å². The van der Waals surface area contributed by atoms with Gasteiger partial charge < -0.3 is 4.74 Å². The van der Waals surface area contributed by atoms with Gasteiger partial charge in [0.05, 0.1) is 44.3 Å². The van der Waals surface area contributed by atoms with Gasteiger partial charge in [-0.05, 0) is 31.0 Å². The van der Waals surface area contributed by atoms with E-state index >= 15 is 0 Å². The van der Waals surface area contributed by atoms with E-state index in [0.29, 0.717) is 22.3 Å². The molecular formula is C19H15ClN4O6S. The summed E-state index contributed by atoms with van der Waals surface area (Å²) >= 11 is 7.28. The predicted molar refractivity (Wildman–Crippen MR) is 115 cm³/mol. The molecule has 1 unspecified atom stereocenters. The van der Waals surface area contributed by atoms with Crippen LogP contribution in [0.5, 0.6) is 0 Å². The number of nitro benzene ring substituents is 2. The van der Waals surface area contributed by atoms with Crippen LogP contribution in [0, 0.1) is 20.2 Å². The molecular weight excluding hydrogens is 448 g/mol. The zero-order chi connectivity index (χ0) is 22.1. The summed E-state index contributed by atoms with van der Waals surface area (Å²) in [5.41, 5.74) is -0.604. The first-order valence-corrected chi connectivity index (χ1v) is 10.4. The molecule has 1 aliphatic rings. The molecule has 1 fully saturated rings. The molecule has 1 amide bonds. The Hall–Kier alpha value is -3.15. The Morgan fingerprint density at radius 3 is 2.52 bits per heavy atom. The fraction of sp³-hybridized carbons (Fsp3) is 0.263. The maximum absolute atomic E-state index is 13.4. The minimum Gasteiger partial charge on any atom is -0.376 e. The van der Waals surface area contributed by atoms with Crippen molar-refractivity contribution in [2.45, 2.75) is 18.9 Å². The van der Waals surface area contributed by atoms with E-state index < -0.39 is 27.1 Å². The number of ether oxygens (including phenoxy) is 1. The monoisotopic (exact) mass is 462 g/mol. The first-order chi connectivity index (χ1) is 14.8. The van der Waals surface area contributed by atoms with Gasteiger partial charge in [0.1, 0.15) is 0 Å². The van der Waals surface area contributed by atoms with E-state index in [1.54, 1.807) is 18.2 Å². The van der Waals surface area contributed by atoms with Crippen molar-refractivity contribution >= 4 is 55.6 Å². The Labute approximate surface area is 184 Å². The van der Waals surface area contributed by atoms with Gasteiger partial charge in [0, 0.05) is 23.8 Å². The molecule has 3 aromatic rings. The minimum absolute atomic E-state index is 0.170. The van der Waals surface area contributed by atoms with Gasteiger partial charge >= 0.3 is 0 Å². The largest absolute Gasteiger partial charge is 0.376 e. The topological polar surface area (TPSA) is 129 Å². The lowest BCUT2D eigenvalue weighted by molar-refractivity contribution is -0.394. The maximum atomic E-state index is 13.4. The summed E-state index contributed by atoms with van der Waals surface area (Å²) in [4.78, 5) is 40.2. The first kappa shape index (κ1) is 21.1.